The normalized spacial score (nSPS) is 25.1. The van der Waals surface area contributed by atoms with E-state index in [1.54, 1.807) is 13.0 Å². The van der Waals surface area contributed by atoms with E-state index in [4.69, 9.17) is 9.26 Å². The van der Waals surface area contributed by atoms with Gasteiger partial charge in [0, 0.05) is 25.6 Å². The number of aliphatic hydroxyl groups is 1. The van der Waals surface area contributed by atoms with Crippen LogP contribution in [-0.4, -0.2) is 41.0 Å². The lowest BCUT2D eigenvalue weighted by Gasteiger charge is -2.25. The maximum absolute atomic E-state index is 12.1. The minimum Gasteiger partial charge on any atom is -0.385 e. The molecule has 0 radical (unpaired) electrons. The second kappa shape index (κ2) is 5.59. The molecular formula is C14H16N2O4S. The molecule has 2 aromatic rings. The molecule has 1 saturated heterocycles. The molecule has 6 nitrogen and oxygen atoms in total. The molecule has 0 bridgehead atoms. The minimum atomic E-state index is -1.02. The van der Waals surface area contributed by atoms with Gasteiger partial charge < -0.3 is 19.7 Å². The predicted octanol–water partition coefficient (Wildman–Crippen LogP) is 1.67. The van der Waals surface area contributed by atoms with Crippen molar-refractivity contribution in [3.8, 4) is 10.6 Å². The van der Waals surface area contributed by atoms with Crippen LogP contribution >= 0.6 is 11.3 Å². The van der Waals surface area contributed by atoms with Gasteiger partial charge in [0.25, 0.3) is 5.91 Å². The van der Waals surface area contributed by atoms with Crippen LogP contribution in [0.25, 0.3) is 10.6 Å². The number of carbonyl (C=O) groups is 1. The van der Waals surface area contributed by atoms with Gasteiger partial charge in [-0.25, -0.2) is 0 Å². The minimum absolute atomic E-state index is 0.133. The summed E-state index contributed by atoms with van der Waals surface area (Å²) in [5.74, 6) is 0.195. The summed E-state index contributed by atoms with van der Waals surface area (Å²) >= 11 is 1.51. The van der Waals surface area contributed by atoms with Crippen LogP contribution in [-0.2, 0) is 4.74 Å². The van der Waals surface area contributed by atoms with Crippen LogP contribution in [0.2, 0.25) is 0 Å². The lowest BCUT2D eigenvalue weighted by atomic mass is 9.97. The lowest BCUT2D eigenvalue weighted by Crippen LogP contribution is -2.47. The van der Waals surface area contributed by atoms with Gasteiger partial charge >= 0.3 is 0 Å². The highest BCUT2D eigenvalue weighted by atomic mass is 32.1. The maximum Gasteiger partial charge on any atom is 0.273 e. The summed E-state index contributed by atoms with van der Waals surface area (Å²) in [7, 11) is 0. The third kappa shape index (κ3) is 2.85. The van der Waals surface area contributed by atoms with Crippen LogP contribution in [0.5, 0.6) is 0 Å². The van der Waals surface area contributed by atoms with Crippen molar-refractivity contribution in [2.24, 2.45) is 0 Å². The second-order valence-electron chi connectivity index (χ2n) is 5.10. The summed E-state index contributed by atoms with van der Waals surface area (Å²) in [5.41, 5.74) is -0.816. The lowest BCUT2D eigenvalue weighted by molar-refractivity contribution is -0.0252. The van der Waals surface area contributed by atoms with E-state index in [0.717, 1.165) is 4.88 Å². The Morgan fingerprint density at radius 2 is 2.52 bits per heavy atom. The number of amides is 1. The fourth-order valence-electron chi connectivity index (χ4n) is 2.24. The Bertz CT molecular complexity index is 625. The number of carbonyl (C=O) groups excluding carboxylic acids is 1. The molecule has 0 saturated carbocycles. The molecule has 2 N–H and O–H groups in total. The van der Waals surface area contributed by atoms with Gasteiger partial charge in [-0.1, -0.05) is 11.2 Å². The van der Waals surface area contributed by atoms with Crippen molar-refractivity contribution in [1.29, 1.82) is 0 Å². The van der Waals surface area contributed by atoms with Gasteiger partial charge in [-0.15, -0.1) is 11.3 Å². The van der Waals surface area contributed by atoms with E-state index in [2.05, 4.69) is 10.5 Å². The second-order valence-corrected chi connectivity index (χ2v) is 6.05. The summed E-state index contributed by atoms with van der Waals surface area (Å²) in [5, 5.41) is 18.7. The molecule has 1 amide bonds. The Hall–Kier alpha value is -1.70. The number of nitrogens with zero attached hydrogens (tertiary/aromatic N) is 1. The standard InChI is InChI=1S/C14H16N2O4S/c1-9-14(18,4-5-19-9)8-15-13(17)10-7-11(20-16-10)12-3-2-6-21-12/h2-3,6-7,9,18H,4-5,8H2,1H3,(H,15,17). The summed E-state index contributed by atoms with van der Waals surface area (Å²) in [6.45, 7) is 2.43. The van der Waals surface area contributed by atoms with Crippen molar-refractivity contribution in [2.75, 3.05) is 13.2 Å². The topological polar surface area (TPSA) is 84.6 Å². The number of hydrogen-bond donors (Lipinski definition) is 2. The number of nitrogens with one attached hydrogen (secondary N) is 1. The molecule has 21 heavy (non-hydrogen) atoms. The van der Waals surface area contributed by atoms with E-state index in [1.165, 1.54) is 11.3 Å². The van der Waals surface area contributed by atoms with Crippen LogP contribution in [0.15, 0.2) is 28.1 Å². The molecule has 0 aliphatic carbocycles. The fraction of sp³-hybridized carbons (Fsp3) is 0.429. The van der Waals surface area contributed by atoms with E-state index in [1.807, 2.05) is 17.5 Å². The van der Waals surface area contributed by atoms with E-state index in [9.17, 15) is 9.90 Å². The van der Waals surface area contributed by atoms with Crippen molar-refractivity contribution >= 4 is 17.2 Å². The third-order valence-corrected chi connectivity index (χ3v) is 4.61. The van der Waals surface area contributed by atoms with Crippen molar-refractivity contribution in [3.63, 3.8) is 0 Å². The number of ether oxygens (including phenoxy) is 1. The summed E-state index contributed by atoms with van der Waals surface area (Å²) in [6, 6.07) is 5.40. The summed E-state index contributed by atoms with van der Waals surface area (Å²) < 4.78 is 10.5. The van der Waals surface area contributed by atoms with Crippen LogP contribution in [0.1, 0.15) is 23.8 Å². The first-order valence-corrected chi connectivity index (χ1v) is 7.59. The zero-order valence-corrected chi connectivity index (χ0v) is 12.4. The predicted molar refractivity (Wildman–Crippen MR) is 77.1 cm³/mol. The molecule has 7 heteroatoms. The van der Waals surface area contributed by atoms with E-state index in [-0.39, 0.29) is 24.2 Å². The van der Waals surface area contributed by atoms with Crippen molar-refractivity contribution in [2.45, 2.75) is 25.0 Å². The molecular weight excluding hydrogens is 292 g/mol. The molecule has 2 aromatic heterocycles. The Kier molecular flexibility index (Phi) is 3.79. The zero-order valence-electron chi connectivity index (χ0n) is 11.5. The van der Waals surface area contributed by atoms with Crippen LogP contribution in [0.4, 0.5) is 0 Å². The van der Waals surface area contributed by atoms with Gasteiger partial charge in [0.15, 0.2) is 11.5 Å². The molecule has 1 aliphatic heterocycles. The summed E-state index contributed by atoms with van der Waals surface area (Å²) in [6.07, 6.45) is 0.213. The average molecular weight is 308 g/mol. The van der Waals surface area contributed by atoms with E-state index >= 15 is 0 Å². The highest BCUT2D eigenvalue weighted by molar-refractivity contribution is 7.13. The molecule has 2 unspecified atom stereocenters. The number of rotatable bonds is 4. The molecule has 0 aromatic carbocycles. The average Bonchev–Trinajstić information content (AvgIpc) is 3.18. The molecule has 3 heterocycles. The SMILES string of the molecule is CC1OCCC1(O)CNC(=O)c1cc(-c2cccs2)on1. The first kappa shape index (κ1) is 14.2. The van der Waals surface area contributed by atoms with Gasteiger partial charge in [-0.2, -0.15) is 0 Å². The Balaban J connectivity index is 1.64. The highest BCUT2D eigenvalue weighted by Crippen LogP contribution is 2.26. The maximum atomic E-state index is 12.1. The highest BCUT2D eigenvalue weighted by Gasteiger charge is 2.39. The smallest absolute Gasteiger partial charge is 0.273 e. The zero-order chi connectivity index (χ0) is 14.9. The Morgan fingerprint density at radius 3 is 3.19 bits per heavy atom. The van der Waals surface area contributed by atoms with Gasteiger partial charge in [0.1, 0.15) is 5.60 Å². The largest absolute Gasteiger partial charge is 0.385 e. The van der Waals surface area contributed by atoms with Gasteiger partial charge in [-0.05, 0) is 18.4 Å². The van der Waals surface area contributed by atoms with Crippen LogP contribution in [0, 0.1) is 0 Å². The van der Waals surface area contributed by atoms with Crippen molar-refractivity contribution in [3.05, 3.63) is 29.3 Å². The molecule has 112 valence electrons. The van der Waals surface area contributed by atoms with Gasteiger partial charge in [-0.3, -0.25) is 4.79 Å². The molecule has 1 fully saturated rings. The number of aromatic nitrogens is 1. The van der Waals surface area contributed by atoms with E-state index in [0.29, 0.717) is 18.8 Å². The fourth-order valence-corrected chi connectivity index (χ4v) is 2.92. The Labute approximate surface area is 125 Å². The van der Waals surface area contributed by atoms with Crippen molar-refractivity contribution in [1.82, 2.24) is 10.5 Å². The molecule has 2 atom stereocenters. The van der Waals surface area contributed by atoms with Crippen LogP contribution in [0.3, 0.4) is 0 Å². The number of hydrogen-bond acceptors (Lipinski definition) is 6. The summed E-state index contributed by atoms with van der Waals surface area (Å²) in [4.78, 5) is 13.0. The molecule has 0 spiro atoms. The monoisotopic (exact) mass is 308 g/mol. The van der Waals surface area contributed by atoms with Crippen LogP contribution < -0.4 is 5.32 Å². The van der Waals surface area contributed by atoms with Gasteiger partial charge in [0.2, 0.25) is 0 Å². The molecule has 3 rings (SSSR count). The van der Waals surface area contributed by atoms with E-state index < -0.39 is 5.60 Å². The first-order valence-electron chi connectivity index (χ1n) is 6.71. The van der Waals surface area contributed by atoms with Crippen molar-refractivity contribution < 1.29 is 19.2 Å². The molecule has 1 aliphatic rings. The Morgan fingerprint density at radius 1 is 1.67 bits per heavy atom. The third-order valence-electron chi connectivity index (χ3n) is 3.72. The first-order chi connectivity index (χ1) is 10.1. The van der Waals surface area contributed by atoms with Gasteiger partial charge in [0.05, 0.1) is 11.0 Å². The quantitative estimate of drug-likeness (QED) is 0.897. The number of thiophene rings is 1.